The van der Waals surface area contributed by atoms with Gasteiger partial charge in [-0.05, 0) is 73.9 Å². The number of benzene rings is 3. The summed E-state index contributed by atoms with van der Waals surface area (Å²) in [6, 6.07) is 18.0. The molecule has 214 valence electrons. The van der Waals surface area contributed by atoms with Crippen LogP contribution in [0.15, 0.2) is 77.7 Å². The molecule has 0 fully saturated rings. The van der Waals surface area contributed by atoms with Gasteiger partial charge in [0.2, 0.25) is 11.8 Å². The van der Waals surface area contributed by atoms with E-state index < -0.39 is 28.5 Å². The third kappa shape index (κ3) is 7.91. The number of hydrogen-bond acceptors (Lipinski definition) is 4. The van der Waals surface area contributed by atoms with E-state index in [2.05, 4.69) is 5.32 Å². The SMILES string of the molecule is CCC(C)NC(=O)C(CC)N(Cc1ccc(Cl)c(Cl)c1)C(=O)CN(c1ccc(Cl)cc1)S(=O)(=O)c1ccccc1. The summed E-state index contributed by atoms with van der Waals surface area (Å²) in [5.74, 6) is -0.888. The van der Waals surface area contributed by atoms with E-state index in [-0.39, 0.29) is 29.1 Å². The number of nitrogens with zero attached hydrogens (tertiary/aromatic N) is 2. The number of hydrogen-bond donors (Lipinski definition) is 1. The van der Waals surface area contributed by atoms with Gasteiger partial charge in [0.05, 0.1) is 20.6 Å². The molecule has 7 nitrogen and oxygen atoms in total. The fourth-order valence-electron chi connectivity index (χ4n) is 4.05. The van der Waals surface area contributed by atoms with Crippen LogP contribution in [-0.4, -0.2) is 43.8 Å². The lowest BCUT2D eigenvalue weighted by Crippen LogP contribution is -2.53. The first kappa shape index (κ1) is 31.7. The smallest absolute Gasteiger partial charge is 0.264 e. The van der Waals surface area contributed by atoms with Crippen molar-refractivity contribution < 1.29 is 18.0 Å². The van der Waals surface area contributed by atoms with Crippen molar-refractivity contribution in [2.24, 2.45) is 0 Å². The zero-order chi connectivity index (χ0) is 29.4. The van der Waals surface area contributed by atoms with Crippen molar-refractivity contribution in [1.82, 2.24) is 10.2 Å². The summed E-state index contributed by atoms with van der Waals surface area (Å²) in [7, 11) is -4.15. The highest BCUT2D eigenvalue weighted by Gasteiger charge is 2.34. The van der Waals surface area contributed by atoms with Crippen molar-refractivity contribution in [2.45, 2.75) is 57.1 Å². The predicted molar refractivity (Wildman–Crippen MR) is 161 cm³/mol. The Labute approximate surface area is 251 Å². The second-order valence-electron chi connectivity index (χ2n) is 9.31. The molecule has 1 N–H and O–H groups in total. The van der Waals surface area contributed by atoms with E-state index in [1.54, 1.807) is 55.5 Å². The predicted octanol–water partition coefficient (Wildman–Crippen LogP) is 6.56. The molecular formula is C29H32Cl3N3O4S. The molecule has 3 rings (SSSR count). The Morgan fingerprint density at radius 1 is 0.875 bits per heavy atom. The van der Waals surface area contributed by atoms with Crippen LogP contribution in [0.5, 0.6) is 0 Å². The number of carbonyl (C=O) groups is 2. The average molecular weight is 625 g/mol. The maximum absolute atomic E-state index is 14.0. The zero-order valence-electron chi connectivity index (χ0n) is 22.5. The van der Waals surface area contributed by atoms with Crippen molar-refractivity contribution in [1.29, 1.82) is 0 Å². The summed E-state index contributed by atoms with van der Waals surface area (Å²) in [5, 5.41) is 4.02. The summed E-state index contributed by atoms with van der Waals surface area (Å²) < 4.78 is 28.6. The first-order valence-electron chi connectivity index (χ1n) is 12.8. The molecule has 0 saturated heterocycles. The van der Waals surface area contributed by atoms with Gasteiger partial charge >= 0.3 is 0 Å². The van der Waals surface area contributed by atoms with E-state index in [1.807, 2.05) is 13.8 Å². The van der Waals surface area contributed by atoms with Gasteiger partial charge in [-0.1, -0.05) is 72.9 Å². The number of anilines is 1. The van der Waals surface area contributed by atoms with Crippen LogP contribution in [0.4, 0.5) is 5.69 Å². The number of sulfonamides is 1. The first-order chi connectivity index (χ1) is 19.0. The Morgan fingerprint density at radius 3 is 2.10 bits per heavy atom. The van der Waals surface area contributed by atoms with E-state index in [4.69, 9.17) is 34.8 Å². The largest absolute Gasteiger partial charge is 0.352 e. The van der Waals surface area contributed by atoms with Gasteiger partial charge in [0.1, 0.15) is 12.6 Å². The quantitative estimate of drug-likeness (QED) is 0.247. The highest BCUT2D eigenvalue weighted by atomic mass is 35.5. The molecule has 0 spiro atoms. The summed E-state index contributed by atoms with van der Waals surface area (Å²) in [6.07, 6.45) is 1.02. The molecule has 2 amide bonds. The molecule has 2 unspecified atom stereocenters. The lowest BCUT2D eigenvalue weighted by Gasteiger charge is -2.33. The maximum atomic E-state index is 14.0. The van der Waals surface area contributed by atoms with Crippen LogP contribution in [0.1, 0.15) is 39.2 Å². The summed E-state index contributed by atoms with van der Waals surface area (Å²) >= 11 is 18.4. The fraction of sp³-hybridized carbons (Fsp3) is 0.310. The molecule has 0 saturated carbocycles. The monoisotopic (exact) mass is 623 g/mol. The third-order valence-electron chi connectivity index (χ3n) is 6.45. The normalized spacial score (nSPS) is 12.8. The zero-order valence-corrected chi connectivity index (χ0v) is 25.6. The maximum Gasteiger partial charge on any atom is 0.264 e. The summed E-state index contributed by atoms with van der Waals surface area (Å²) in [4.78, 5) is 28.8. The molecular weight excluding hydrogens is 593 g/mol. The lowest BCUT2D eigenvalue weighted by atomic mass is 10.1. The van der Waals surface area contributed by atoms with Crippen molar-refractivity contribution in [3.8, 4) is 0 Å². The number of carbonyl (C=O) groups excluding carboxylic acids is 2. The van der Waals surface area contributed by atoms with Crippen molar-refractivity contribution >= 4 is 62.3 Å². The van der Waals surface area contributed by atoms with E-state index in [0.29, 0.717) is 33.5 Å². The minimum absolute atomic E-state index is 0.0159. The third-order valence-corrected chi connectivity index (χ3v) is 9.23. The van der Waals surface area contributed by atoms with Crippen LogP contribution < -0.4 is 9.62 Å². The van der Waals surface area contributed by atoms with Gasteiger partial charge in [-0.2, -0.15) is 0 Å². The van der Waals surface area contributed by atoms with Crippen LogP contribution in [-0.2, 0) is 26.2 Å². The van der Waals surface area contributed by atoms with E-state index in [1.165, 1.54) is 29.2 Å². The molecule has 0 aromatic heterocycles. The molecule has 3 aromatic carbocycles. The van der Waals surface area contributed by atoms with Crippen LogP contribution in [0.3, 0.4) is 0 Å². The Morgan fingerprint density at radius 2 is 1.52 bits per heavy atom. The fourth-order valence-corrected chi connectivity index (χ4v) is 5.93. The Bertz CT molecular complexity index is 1420. The van der Waals surface area contributed by atoms with Crippen molar-refractivity contribution in [3.63, 3.8) is 0 Å². The van der Waals surface area contributed by atoms with E-state index >= 15 is 0 Å². The molecule has 0 bridgehead atoms. The van der Waals surface area contributed by atoms with Gasteiger partial charge in [0, 0.05) is 17.6 Å². The first-order valence-corrected chi connectivity index (χ1v) is 15.4. The highest BCUT2D eigenvalue weighted by molar-refractivity contribution is 7.92. The van der Waals surface area contributed by atoms with Crippen LogP contribution in [0, 0.1) is 0 Å². The molecule has 0 aliphatic heterocycles. The Kier molecular flexibility index (Phi) is 11.3. The van der Waals surface area contributed by atoms with Crippen LogP contribution >= 0.6 is 34.8 Å². The molecule has 0 heterocycles. The molecule has 0 aliphatic carbocycles. The minimum Gasteiger partial charge on any atom is -0.352 e. The number of halogens is 3. The minimum atomic E-state index is -4.15. The van der Waals surface area contributed by atoms with Gasteiger partial charge in [0.25, 0.3) is 10.0 Å². The summed E-state index contributed by atoms with van der Waals surface area (Å²) in [6.45, 7) is 5.09. The lowest BCUT2D eigenvalue weighted by molar-refractivity contribution is -0.140. The number of nitrogens with one attached hydrogen (secondary N) is 1. The van der Waals surface area contributed by atoms with Gasteiger partial charge in [-0.3, -0.25) is 13.9 Å². The van der Waals surface area contributed by atoms with E-state index in [0.717, 1.165) is 4.31 Å². The second-order valence-corrected chi connectivity index (χ2v) is 12.4. The highest BCUT2D eigenvalue weighted by Crippen LogP contribution is 2.27. The number of amides is 2. The van der Waals surface area contributed by atoms with Crippen LogP contribution in [0.2, 0.25) is 15.1 Å². The summed E-state index contributed by atoms with van der Waals surface area (Å²) in [5.41, 5.74) is 0.898. The molecule has 3 aromatic rings. The molecule has 11 heteroatoms. The molecule has 0 aliphatic rings. The van der Waals surface area contributed by atoms with Gasteiger partial charge in [-0.15, -0.1) is 0 Å². The number of rotatable bonds is 12. The van der Waals surface area contributed by atoms with Gasteiger partial charge < -0.3 is 10.2 Å². The van der Waals surface area contributed by atoms with Crippen molar-refractivity contribution in [2.75, 3.05) is 10.8 Å². The Balaban J connectivity index is 2.06. The average Bonchev–Trinajstić information content (AvgIpc) is 2.94. The van der Waals surface area contributed by atoms with Gasteiger partial charge in [-0.25, -0.2) is 8.42 Å². The molecule has 2 atom stereocenters. The van der Waals surface area contributed by atoms with Gasteiger partial charge in [0.15, 0.2) is 0 Å². The van der Waals surface area contributed by atoms with E-state index in [9.17, 15) is 18.0 Å². The standard InChI is InChI=1S/C29H32Cl3N3O4S/c1-4-20(3)33-29(37)27(5-2)34(18-21-11-16-25(31)26(32)17-21)28(36)19-35(23-14-12-22(30)13-15-23)40(38,39)24-9-7-6-8-10-24/h6-17,20,27H,4-5,18-19H2,1-3H3,(H,33,37). The second kappa shape index (κ2) is 14.2. The van der Waals surface area contributed by atoms with Crippen molar-refractivity contribution in [3.05, 3.63) is 93.4 Å². The molecule has 40 heavy (non-hydrogen) atoms. The van der Waals surface area contributed by atoms with Crippen LogP contribution in [0.25, 0.3) is 0 Å². The molecule has 0 radical (unpaired) electrons. The topological polar surface area (TPSA) is 86.8 Å². The Hall–Kier alpha value is -2.78.